The molecule has 8 heteroatoms. The van der Waals surface area contributed by atoms with Crippen LogP contribution in [0.4, 0.5) is 4.39 Å². The molecule has 1 aromatic rings. The summed E-state index contributed by atoms with van der Waals surface area (Å²) in [6, 6.07) is 3.53. The Bertz CT molecular complexity index is 653. The molecule has 1 N–H and O–H groups in total. The van der Waals surface area contributed by atoms with Crippen LogP contribution in [0.3, 0.4) is 0 Å². The van der Waals surface area contributed by atoms with Crippen molar-refractivity contribution in [2.75, 3.05) is 13.1 Å². The zero-order valence-corrected chi connectivity index (χ0v) is 14.1. The lowest BCUT2D eigenvalue weighted by molar-refractivity contribution is -0.144. The number of nitrogens with one attached hydrogen (secondary N) is 1. The minimum Gasteiger partial charge on any atom is -0.372 e. The highest BCUT2D eigenvalue weighted by Gasteiger charge is 2.30. The van der Waals surface area contributed by atoms with Crippen LogP contribution in [0.15, 0.2) is 29.2 Å². The van der Waals surface area contributed by atoms with E-state index in [-0.39, 0.29) is 23.0 Å². The van der Waals surface area contributed by atoms with Crippen LogP contribution >= 0.6 is 0 Å². The van der Waals surface area contributed by atoms with Crippen LogP contribution in [0.2, 0.25) is 0 Å². The van der Waals surface area contributed by atoms with Gasteiger partial charge in [-0.05, 0) is 45.0 Å². The van der Waals surface area contributed by atoms with Gasteiger partial charge >= 0.3 is 0 Å². The van der Waals surface area contributed by atoms with Crippen LogP contribution in [0.1, 0.15) is 20.8 Å². The molecule has 0 bridgehead atoms. The molecule has 0 unspecified atom stereocenters. The third kappa shape index (κ3) is 4.49. The first kappa shape index (κ1) is 17.8. The van der Waals surface area contributed by atoms with E-state index >= 15 is 0 Å². The lowest BCUT2D eigenvalue weighted by Crippen LogP contribution is -2.54. The Hall–Kier alpha value is -1.51. The van der Waals surface area contributed by atoms with Gasteiger partial charge in [0.05, 0.1) is 23.1 Å². The van der Waals surface area contributed by atoms with Crippen molar-refractivity contribution in [3.63, 3.8) is 0 Å². The number of hydrogen-bond donors (Lipinski definition) is 1. The number of halogens is 1. The van der Waals surface area contributed by atoms with Crippen LogP contribution in [-0.4, -0.2) is 50.6 Å². The first-order valence-electron chi connectivity index (χ1n) is 7.41. The van der Waals surface area contributed by atoms with E-state index in [1.807, 2.05) is 13.8 Å². The number of carbonyl (C=O) groups is 1. The van der Waals surface area contributed by atoms with Gasteiger partial charge in [-0.1, -0.05) is 0 Å². The Kier molecular flexibility index (Phi) is 5.38. The molecule has 1 aliphatic rings. The highest BCUT2D eigenvalue weighted by atomic mass is 32.2. The fraction of sp³-hybridized carbons (Fsp3) is 0.533. The maximum atomic E-state index is 12.9. The van der Waals surface area contributed by atoms with E-state index < -0.39 is 21.9 Å². The van der Waals surface area contributed by atoms with Gasteiger partial charge in [0.25, 0.3) is 0 Å². The van der Waals surface area contributed by atoms with Gasteiger partial charge in [-0.25, -0.2) is 12.8 Å². The van der Waals surface area contributed by atoms with Gasteiger partial charge in [-0.3, -0.25) is 4.79 Å². The smallest absolute Gasteiger partial charge is 0.241 e. The molecular formula is C15H21FN2O4S. The van der Waals surface area contributed by atoms with E-state index in [1.54, 1.807) is 4.90 Å². The Morgan fingerprint density at radius 1 is 1.26 bits per heavy atom. The molecule has 1 fully saturated rings. The Labute approximate surface area is 135 Å². The zero-order chi connectivity index (χ0) is 17.2. The van der Waals surface area contributed by atoms with E-state index in [0.717, 1.165) is 24.3 Å². The van der Waals surface area contributed by atoms with Gasteiger partial charge in [-0.15, -0.1) is 0 Å². The third-order valence-electron chi connectivity index (χ3n) is 3.56. The summed E-state index contributed by atoms with van der Waals surface area (Å²) in [5.41, 5.74) is 0. The second-order valence-corrected chi connectivity index (χ2v) is 7.51. The van der Waals surface area contributed by atoms with Gasteiger partial charge in [-0.2, -0.15) is 4.72 Å². The van der Waals surface area contributed by atoms with Crippen molar-refractivity contribution in [1.29, 1.82) is 0 Å². The highest BCUT2D eigenvalue weighted by molar-refractivity contribution is 7.89. The van der Waals surface area contributed by atoms with Crippen molar-refractivity contribution in [1.82, 2.24) is 9.62 Å². The largest absolute Gasteiger partial charge is 0.372 e. The van der Waals surface area contributed by atoms with Crippen molar-refractivity contribution in [3.05, 3.63) is 30.1 Å². The number of benzene rings is 1. The van der Waals surface area contributed by atoms with Crippen LogP contribution in [0, 0.1) is 5.82 Å². The standard InChI is InChI=1S/C15H21FN2O4S/c1-10-8-18(9-11(2)22-10)15(19)12(3)17-23(20,21)14-6-4-13(16)5-7-14/h4-7,10-12,17H,8-9H2,1-3H3/t10-,11+,12-/m0/s1. The van der Waals surface area contributed by atoms with Gasteiger partial charge in [0, 0.05) is 13.1 Å². The van der Waals surface area contributed by atoms with Gasteiger partial charge in [0.1, 0.15) is 5.82 Å². The fourth-order valence-electron chi connectivity index (χ4n) is 2.60. The molecule has 128 valence electrons. The molecule has 0 spiro atoms. The van der Waals surface area contributed by atoms with E-state index in [0.29, 0.717) is 13.1 Å². The molecule has 3 atom stereocenters. The summed E-state index contributed by atoms with van der Waals surface area (Å²) >= 11 is 0. The summed E-state index contributed by atoms with van der Waals surface area (Å²) in [6.07, 6.45) is -0.188. The number of hydrogen-bond acceptors (Lipinski definition) is 4. The van der Waals surface area contributed by atoms with Crippen LogP contribution in [0.5, 0.6) is 0 Å². The molecule has 0 aliphatic carbocycles. The van der Waals surface area contributed by atoms with Crippen LogP contribution < -0.4 is 4.72 Å². The summed E-state index contributed by atoms with van der Waals surface area (Å²) in [7, 11) is -3.88. The number of sulfonamides is 1. The summed E-state index contributed by atoms with van der Waals surface area (Å²) in [4.78, 5) is 13.9. The zero-order valence-electron chi connectivity index (χ0n) is 13.3. The molecule has 0 radical (unpaired) electrons. The number of carbonyl (C=O) groups excluding carboxylic acids is 1. The quantitative estimate of drug-likeness (QED) is 0.888. The maximum absolute atomic E-state index is 12.9. The number of amides is 1. The summed E-state index contributed by atoms with van der Waals surface area (Å²) < 4.78 is 45.3. The molecule has 1 amide bonds. The van der Waals surface area contributed by atoms with Crippen molar-refractivity contribution >= 4 is 15.9 Å². The molecule has 2 rings (SSSR count). The van der Waals surface area contributed by atoms with E-state index in [4.69, 9.17) is 4.74 Å². The average Bonchev–Trinajstić information content (AvgIpc) is 2.45. The number of rotatable bonds is 4. The summed E-state index contributed by atoms with van der Waals surface area (Å²) in [5.74, 6) is -0.831. The molecule has 1 aliphatic heterocycles. The normalized spacial score (nSPS) is 23.6. The third-order valence-corrected chi connectivity index (χ3v) is 5.11. The molecule has 0 aromatic heterocycles. The SMILES string of the molecule is C[C@@H]1CN(C(=O)[C@H](C)NS(=O)(=O)c2ccc(F)cc2)C[C@H](C)O1. The van der Waals surface area contributed by atoms with E-state index in [9.17, 15) is 17.6 Å². The monoisotopic (exact) mass is 344 g/mol. The maximum Gasteiger partial charge on any atom is 0.241 e. The number of ether oxygens (including phenoxy) is 1. The minimum atomic E-state index is -3.88. The van der Waals surface area contributed by atoms with Gasteiger partial charge in [0.15, 0.2) is 0 Å². The molecule has 23 heavy (non-hydrogen) atoms. The lowest BCUT2D eigenvalue weighted by atomic mass is 10.2. The molecule has 1 heterocycles. The van der Waals surface area contributed by atoms with Crippen molar-refractivity contribution in [2.24, 2.45) is 0 Å². The number of morpholine rings is 1. The average molecular weight is 344 g/mol. The Balaban J connectivity index is 2.06. The minimum absolute atomic E-state index is 0.0812. The lowest BCUT2D eigenvalue weighted by Gasteiger charge is -2.36. The summed E-state index contributed by atoms with van der Waals surface area (Å²) in [5, 5.41) is 0. The molecule has 1 saturated heterocycles. The fourth-order valence-corrected chi connectivity index (χ4v) is 3.79. The highest BCUT2D eigenvalue weighted by Crippen LogP contribution is 2.14. The molecule has 6 nitrogen and oxygen atoms in total. The van der Waals surface area contributed by atoms with Crippen molar-refractivity contribution in [3.8, 4) is 0 Å². The predicted octanol–water partition coefficient (Wildman–Crippen LogP) is 1.13. The molecule has 1 aromatic carbocycles. The van der Waals surface area contributed by atoms with E-state index in [2.05, 4.69) is 4.72 Å². The first-order valence-corrected chi connectivity index (χ1v) is 8.89. The van der Waals surface area contributed by atoms with E-state index in [1.165, 1.54) is 6.92 Å². The topological polar surface area (TPSA) is 75.7 Å². The van der Waals surface area contributed by atoms with Crippen LogP contribution in [-0.2, 0) is 19.6 Å². The van der Waals surface area contributed by atoms with Gasteiger partial charge in [0.2, 0.25) is 15.9 Å². The van der Waals surface area contributed by atoms with Gasteiger partial charge < -0.3 is 9.64 Å². The second kappa shape index (κ2) is 6.94. The predicted molar refractivity (Wildman–Crippen MR) is 82.8 cm³/mol. The Morgan fingerprint density at radius 3 is 2.30 bits per heavy atom. The molecule has 0 saturated carbocycles. The summed E-state index contributed by atoms with van der Waals surface area (Å²) in [6.45, 7) is 6.07. The second-order valence-electron chi connectivity index (χ2n) is 5.80. The Morgan fingerprint density at radius 2 is 1.78 bits per heavy atom. The first-order chi connectivity index (χ1) is 10.7. The van der Waals surface area contributed by atoms with Crippen LogP contribution in [0.25, 0.3) is 0 Å². The van der Waals surface area contributed by atoms with Crippen molar-refractivity contribution in [2.45, 2.75) is 43.9 Å². The molecular weight excluding hydrogens is 323 g/mol. The number of nitrogens with zero attached hydrogens (tertiary/aromatic N) is 1. The van der Waals surface area contributed by atoms with Crippen molar-refractivity contribution < 1.29 is 22.3 Å².